The fourth-order valence-corrected chi connectivity index (χ4v) is 3.80. The smallest absolute Gasteiger partial charge is 0.223 e. The van der Waals surface area contributed by atoms with E-state index in [1.165, 1.54) is 0 Å². The minimum absolute atomic E-state index is 0.0296. The third-order valence-electron chi connectivity index (χ3n) is 5.21. The van der Waals surface area contributed by atoms with Crippen molar-refractivity contribution in [3.63, 3.8) is 0 Å². The van der Waals surface area contributed by atoms with Crippen LogP contribution in [0.2, 0.25) is 0 Å². The van der Waals surface area contributed by atoms with Crippen LogP contribution >= 0.6 is 0 Å². The molecule has 2 aromatic heterocycles. The van der Waals surface area contributed by atoms with Crippen LogP contribution in [0.5, 0.6) is 0 Å². The Bertz CT molecular complexity index is 741. The number of rotatable bonds is 5. The number of likely N-dealkylation sites (tertiary alicyclic amines) is 1. The molecule has 0 radical (unpaired) electrons. The molecule has 2 aliphatic rings. The molecule has 1 saturated carbocycles. The minimum Gasteiger partial charge on any atom is -0.336 e. The van der Waals surface area contributed by atoms with Crippen molar-refractivity contribution in [2.24, 2.45) is 7.05 Å². The van der Waals surface area contributed by atoms with E-state index in [-0.39, 0.29) is 24.0 Å². The van der Waals surface area contributed by atoms with Crippen molar-refractivity contribution < 1.29 is 4.79 Å². The molecule has 7 nitrogen and oxygen atoms in total. The van der Waals surface area contributed by atoms with E-state index < -0.39 is 0 Å². The number of aromatic nitrogens is 4. The number of hydrogen-bond acceptors (Lipinski definition) is 5. The van der Waals surface area contributed by atoms with Crippen molar-refractivity contribution in [3.8, 4) is 0 Å². The van der Waals surface area contributed by atoms with Gasteiger partial charge in [-0.25, -0.2) is 15.0 Å². The summed E-state index contributed by atoms with van der Waals surface area (Å²) in [6, 6.07) is 2.51. The van der Waals surface area contributed by atoms with E-state index in [1.54, 1.807) is 12.5 Å². The van der Waals surface area contributed by atoms with Crippen LogP contribution in [-0.4, -0.2) is 42.4 Å². The number of hydrogen-bond donors (Lipinski definition) is 1. The Hall–Kier alpha value is -2.28. The first-order chi connectivity index (χ1) is 12.1. The zero-order chi connectivity index (χ0) is 17.4. The van der Waals surface area contributed by atoms with Crippen molar-refractivity contribution in [1.82, 2.24) is 29.7 Å². The van der Waals surface area contributed by atoms with Gasteiger partial charge in [0.15, 0.2) is 0 Å². The molecular weight excluding hydrogens is 316 g/mol. The van der Waals surface area contributed by atoms with Gasteiger partial charge < -0.3 is 14.8 Å². The monoisotopic (exact) mass is 340 g/mol. The van der Waals surface area contributed by atoms with Gasteiger partial charge in [-0.15, -0.1) is 0 Å². The highest BCUT2D eigenvalue weighted by Crippen LogP contribution is 2.40. The number of nitrogens with zero attached hydrogens (tertiary/aromatic N) is 5. The van der Waals surface area contributed by atoms with Gasteiger partial charge in [-0.3, -0.25) is 4.79 Å². The van der Waals surface area contributed by atoms with Crippen LogP contribution in [0, 0.1) is 0 Å². The Morgan fingerprint density at radius 2 is 2.08 bits per heavy atom. The van der Waals surface area contributed by atoms with Gasteiger partial charge in [0.2, 0.25) is 5.91 Å². The maximum absolute atomic E-state index is 12.6. The molecule has 1 saturated heterocycles. The summed E-state index contributed by atoms with van der Waals surface area (Å²) >= 11 is 0. The van der Waals surface area contributed by atoms with Crippen molar-refractivity contribution >= 4 is 5.91 Å². The second-order valence-corrected chi connectivity index (χ2v) is 7.04. The summed E-state index contributed by atoms with van der Waals surface area (Å²) < 4.78 is 2.03. The van der Waals surface area contributed by atoms with E-state index in [0.717, 1.165) is 30.8 Å². The Balaban J connectivity index is 1.62. The van der Waals surface area contributed by atoms with Crippen molar-refractivity contribution in [2.75, 3.05) is 0 Å². The summed E-state index contributed by atoms with van der Waals surface area (Å²) in [5.74, 6) is 1.20. The predicted molar refractivity (Wildman–Crippen MR) is 92.4 cm³/mol. The molecule has 132 valence electrons. The van der Waals surface area contributed by atoms with Crippen LogP contribution in [0.3, 0.4) is 0 Å². The van der Waals surface area contributed by atoms with Crippen LogP contribution in [0.15, 0.2) is 31.0 Å². The van der Waals surface area contributed by atoms with Crippen LogP contribution < -0.4 is 5.32 Å². The van der Waals surface area contributed by atoms with Gasteiger partial charge >= 0.3 is 0 Å². The van der Waals surface area contributed by atoms with Crippen LogP contribution in [-0.2, 0) is 11.8 Å². The average molecular weight is 340 g/mol. The van der Waals surface area contributed by atoms with E-state index in [9.17, 15) is 4.79 Å². The van der Waals surface area contributed by atoms with Gasteiger partial charge in [0, 0.05) is 50.2 Å². The molecule has 4 rings (SSSR count). The second kappa shape index (κ2) is 6.55. The lowest BCUT2D eigenvalue weighted by Gasteiger charge is -2.42. The standard InChI is InChI=1S/C18H24N6O/c1-12(14-7-8-19-11-21-14)22-15-5-6-16(25)24(13-3-4-13)17(15)18-20-9-10-23(18)2/h7-13,15,17,22H,3-6H2,1-2H3/t12?,15-,17-/m1/s1. The first kappa shape index (κ1) is 16.2. The molecule has 1 unspecified atom stereocenters. The van der Waals surface area contributed by atoms with Gasteiger partial charge in [0.1, 0.15) is 18.2 Å². The summed E-state index contributed by atoms with van der Waals surface area (Å²) in [5, 5.41) is 3.70. The number of nitrogens with one attached hydrogen (secondary N) is 1. The zero-order valence-electron chi connectivity index (χ0n) is 14.7. The normalized spacial score (nSPS) is 25.2. The Morgan fingerprint density at radius 3 is 2.72 bits per heavy atom. The largest absolute Gasteiger partial charge is 0.336 e. The number of carbonyl (C=O) groups excluding carboxylic acids is 1. The summed E-state index contributed by atoms with van der Waals surface area (Å²) in [6.07, 6.45) is 10.7. The van der Waals surface area contributed by atoms with E-state index in [2.05, 4.69) is 32.1 Å². The topological polar surface area (TPSA) is 75.9 Å². The number of carbonyl (C=O) groups is 1. The number of imidazole rings is 1. The predicted octanol–water partition coefficient (Wildman–Crippen LogP) is 1.76. The summed E-state index contributed by atoms with van der Waals surface area (Å²) in [5.41, 5.74) is 0.962. The van der Waals surface area contributed by atoms with Gasteiger partial charge in [-0.1, -0.05) is 0 Å². The first-order valence-electron chi connectivity index (χ1n) is 8.95. The Kier molecular flexibility index (Phi) is 4.25. The van der Waals surface area contributed by atoms with Crippen LogP contribution in [0.1, 0.15) is 56.2 Å². The van der Waals surface area contributed by atoms with E-state index in [1.807, 2.05) is 30.1 Å². The van der Waals surface area contributed by atoms with Gasteiger partial charge in [-0.2, -0.15) is 0 Å². The SMILES string of the molecule is CC(N[C@@H]1CCC(=O)N(C2CC2)[C@H]1c1nccn1C)c1ccncn1. The molecule has 0 aromatic carbocycles. The number of piperidine rings is 1. The third kappa shape index (κ3) is 3.16. The van der Waals surface area contributed by atoms with E-state index in [4.69, 9.17) is 0 Å². The summed E-state index contributed by atoms with van der Waals surface area (Å²) in [4.78, 5) is 27.6. The molecule has 3 heterocycles. The lowest BCUT2D eigenvalue weighted by Crippen LogP contribution is -2.52. The van der Waals surface area contributed by atoms with E-state index >= 15 is 0 Å². The molecule has 1 aliphatic heterocycles. The fraction of sp³-hybridized carbons (Fsp3) is 0.556. The lowest BCUT2D eigenvalue weighted by atomic mass is 9.93. The average Bonchev–Trinajstić information content (AvgIpc) is 3.38. The molecule has 1 amide bonds. The third-order valence-corrected chi connectivity index (χ3v) is 5.21. The molecule has 0 spiro atoms. The van der Waals surface area contributed by atoms with Crippen molar-refractivity contribution in [2.45, 2.75) is 56.8 Å². The highest BCUT2D eigenvalue weighted by Gasteiger charge is 2.45. The number of amides is 1. The Labute approximate surface area is 147 Å². The molecule has 3 atom stereocenters. The van der Waals surface area contributed by atoms with Gasteiger partial charge in [-0.05, 0) is 32.3 Å². The molecule has 1 N–H and O–H groups in total. The maximum Gasteiger partial charge on any atom is 0.223 e. The maximum atomic E-state index is 12.6. The van der Waals surface area contributed by atoms with Gasteiger partial charge in [0.25, 0.3) is 0 Å². The summed E-state index contributed by atoms with van der Waals surface area (Å²) in [6.45, 7) is 2.11. The van der Waals surface area contributed by atoms with E-state index in [0.29, 0.717) is 12.5 Å². The van der Waals surface area contributed by atoms with Gasteiger partial charge in [0.05, 0.1) is 5.69 Å². The van der Waals surface area contributed by atoms with Crippen LogP contribution in [0.25, 0.3) is 0 Å². The highest BCUT2D eigenvalue weighted by atomic mass is 16.2. The molecule has 25 heavy (non-hydrogen) atoms. The minimum atomic E-state index is -0.0296. The molecule has 2 aromatic rings. The van der Waals surface area contributed by atoms with Crippen LogP contribution in [0.4, 0.5) is 0 Å². The van der Waals surface area contributed by atoms with Crippen molar-refractivity contribution in [1.29, 1.82) is 0 Å². The number of aryl methyl sites for hydroxylation is 1. The fourth-order valence-electron chi connectivity index (χ4n) is 3.80. The zero-order valence-corrected chi connectivity index (χ0v) is 14.7. The summed E-state index contributed by atoms with van der Waals surface area (Å²) in [7, 11) is 2.00. The molecular formula is C18H24N6O. The van der Waals surface area contributed by atoms with Crippen molar-refractivity contribution in [3.05, 3.63) is 42.5 Å². The quantitative estimate of drug-likeness (QED) is 0.897. The lowest BCUT2D eigenvalue weighted by molar-refractivity contribution is -0.139. The first-order valence-corrected chi connectivity index (χ1v) is 8.95. The molecule has 7 heteroatoms. The Morgan fingerprint density at radius 1 is 1.24 bits per heavy atom. The molecule has 1 aliphatic carbocycles. The molecule has 2 fully saturated rings. The molecule has 0 bridgehead atoms. The second-order valence-electron chi connectivity index (χ2n) is 7.04. The highest BCUT2D eigenvalue weighted by molar-refractivity contribution is 5.78.